The van der Waals surface area contributed by atoms with Crippen LogP contribution in [0.4, 0.5) is 4.39 Å². The highest BCUT2D eigenvalue weighted by Gasteiger charge is 2.23. The van der Waals surface area contributed by atoms with Crippen molar-refractivity contribution in [1.29, 1.82) is 0 Å². The molecule has 0 aliphatic carbocycles. The fourth-order valence-electron chi connectivity index (χ4n) is 3.68. The molecule has 0 aliphatic rings. The van der Waals surface area contributed by atoms with Gasteiger partial charge in [0.05, 0.1) is 37.4 Å². The van der Waals surface area contributed by atoms with Crippen molar-refractivity contribution in [3.05, 3.63) is 97.0 Å². The zero-order valence-electron chi connectivity index (χ0n) is 18.5. The number of ether oxygens (including phenoxy) is 2. The minimum absolute atomic E-state index is 0.00916. The summed E-state index contributed by atoms with van der Waals surface area (Å²) in [5.41, 5.74) is -0.411. The molecule has 4 rings (SSSR count). The number of fused-ring (bicyclic) bond motifs is 1. The lowest BCUT2D eigenvalue weighted by atomic mass is 10.1. The van der Waals surface area contributed by atoms with Crippen molar-refractivity contribution in [2.75, 3.05) is 14.2 Å². The van der Waals surface area contributed by atoms with Gasteiger partial charge < -0.3 is 9.47 Å². The molecule has 0 radical (unpaired) electrons. The Hall–Kier alpha value is -3.98. The Bertz CT molecular complexity index is 1560. The Morgan fingerprint density at radius 2 is 1.88 bits per heavy atom. The summed E-state index contributed by atoms with van der Waals surface area (Å²) in [4.78, 5) is 44.2. The topological polar surface area (TPSA) is 92.4 Å². The SMILES string of the molecule is COC(=O)c1cc(C)nc2c1c(=O)n(Cc1ccc(F)cc1Cl)c(=O)n2-c1cccc(OC)c1. The van der Waals surface area contributed by atoms with E-state index in [9.17, 15) is 18.8 Å². The molecule has 0 atom stereocenters. The largest absolute Gasteiger partial charge is 0.497 e. The second-order valence-corrected chi connectivity index (χ2v) is 7.86. The first-order valence-electron chi connectivity index (χ1n) is 10.1. The number of hydrogen-bond acceptors (Lipinski definition) is 6. The molecule has 2 aromatic carbocycles. The molecule has 0 bridgehead atoms. The van der Waals surface area contributed by atoms with Gasteiger partial charge in [0.15, 0.2) is 5.65 Å². The van der Waals surface area contributed by atoms with Crippen LogP contribution in [0.5, 0.6) is 5.75 Å². The normalized spacial score (nSPS) is 11.0. The van der Waals surface area contributed by atoms with Crippen molar-refractivity contribution in [3.63, 3.8) is 0 Å². The van der Waals surface area contributed by atoms with Gasteiger partial charge in [-0.3, -0.25) is 9.36 Å². The molecule has 0 unspecified atom stereocenters. The van der Waals surface area contributed by atoms with Gasteiger partial charge in [-0.2, -0.15) is 0 Å². The number of carbonyl (C=O) groups excluding carboxylic acids is 1. The van der Waals surface area contributed by atoms with E-state index in [1.807, 2.05) is 0 Å². The molecule has 0 amide bonds. The summed E-state index contributed by atoms with van der Waals surface area (Å²) >= 11 is 6.16. The average molecular weight is 484 g/mol. The predicted molar refractivity (Wildman–Crippen MR) is 125 cm³/mol. The Kier molecular flexibility index (Phi) is 6.21. The van der Waals surface area contributed by atoms with E-state index in [2.05, 4.69) is 4.98 Å². The average Bonchev–Trinajstić information content (AvgIpc) is 2.82. The molecule has 34 heavy (non-hydrogen) atoms. The summed E-state index contributed by atoms with van der Waals surface area (Å²) in [5.74, 6) is -0.839. The summed E-state index contributed by atoms with van der Waals surface area (Å²) in [7, 11) is 2.67. The molecule has 174 valence electrons. The fourth-order valence-corrected chi connectivity index (χ4v) is 3.90. The van der Waals surface area contributed by atoms with E-state index in [1.165, 1.54) is 37.0 Å². The lowest BCUT2D eigenvalue weighted by molar-refractivity contribution is 0.0602. The maximum Gasteiger partial charge on any atom is 0.338 e. The number of rotatable bonds is 5. The van der Waals surface area contributed by atoms with Crippen molar-refractivity contribution in [2.45, 2.75) is 13.5 Å². The van der Waals surface area contributed by atoms with Gasteiger partial charge in [0.25, 0.3) is 5.56 Å². The van der Waals surface area contributed by atoms with Gasteiger partial charge in [0.1, 0.15) is 11.6 Å². The molecule has 0 N–H and O–H groups in total. The Morgan fingerprint density at radius 1 is 1.12 bits per heavy atom. The standard InChI is InChI=1S/C24H19ClFN3O5/c1-13-9-18(23(31)34-3)20-21(27-13)29(16-5-4-6-17(11-16)33-2)24(32)28(22(20)30)12-14-7-8-15(26)10-19(14)25/h4-11H,12H2,1-3H3. The fraction of sp³-hybridized carbons (Fsp3) is 0.167. The van der Waals surface area contributed by atoms with Crippen molar-refractivity contribution in [2.24, 2.45) is 0 Å². The van der Waals surface area contributed by atoms with Gasteiger partial charge >= 0.3 is 11.7 Å². The molecule has 8 nitrogen and oxygen atoms in total. The molecule has 0 aliphatic heterocycles. The van der Waals surface area contributed by atoms with E-state index in [0.717, 1.165) is 10.6 Å². The van der Waals surface area contributed by atoms with Gasteiger partial charge in [0, 0.05) is 16.8 Å². The summed E-state index contributed by atoms with van der Waals surface area (Å²) in [6.45, 7) is 1.38. The number of pyridine rings is 1. The van der Waals surface area contributed by atoms with Crippen LogP contribution in [-0.4, -0.2) is 34.3 Å². The summed E-state index contributed by atoms with van der Waals surface area (Å²) < 4.78 is 25.8. The number of carbonyl (C=O) groups is 1. The van der Waals surface area contributed by atoms with Gasteiger partial charge in [-0.05, 0) is 42.8 Å². The van der Waals surface area contributed by atoms with Crippen LogP contribution < -0.4 is 16.0 Å². The third-order valence-corrected chi connectivity index (χ3v) is 5.63. The summed E-state index contributed by atoms with van der Waals surface area (Å²) in [6.07, 6.45) is 0. The number of aryl methyl sites for hydroxylation is 1. The molecule has 0 fully saturated rings. The predicted octanol–water partition coefficient (Wildman–Crippen LogP) is 3.49. The first kappa shape index (κ1) is 23.2. The van der Waals surface area contributed by atoms with Crippen LogP contribution >= 0.6 is 11.6 Å². The minimum Gasteiger partial charge on any atom is -0.497 e. The maximum absolute atomic E-state index is 13.7. The zero-order valence-corrected chi connectivity index (χ0v) is 19.2. The molecule has 0 saturated carbocycles. The molecule has 0 saturated heterocycles. The third-order valence-electron chi connectivity index (χ3n) is 5.28. The smallest absolute Gasteiger partial charge is 0.338 e. The van der Waals surface area contributed by atoms with Crippen LogP contribution in [0.2, 0.25) is 5.02 Å². The highest BCUT2D eigenvalue weighted by atomic mass is 35.5. The molecular weight excluding hydrogens is 465 g/mol. The maximum atomic E-state index is 13.7. The summed E-state index contributed by atoms with van der Waals surface area (Å²) in [6, 6.07) is 11.7. The quantitative estimate of drug-likeness (QED) is 0.403. The number of benzene rings is 2. The van der Waals surface area contributed by atoms with Crippen molar-refractivity contribution in [3.8, 4) is 11.4 Å². The van der Waals surface area contributed by atoms with Crippen LogP contribution in [0.1, 0.15) is 21.6 Å². The van der Waals surface area contributed by atoms with Crippen LogP contribution in [0, 0.1) is 12.7 Å². The van der Waals surface area contributed by atoms with Crippen molar-refractivity contribution in [1.82, 2.24) is 14.1 Å². The van der Waals surface area contributed by atoms with Gasteiger partial charge in [-0.25, -0.2) is 23.5 Å². The van der Waals surface area contributed by atoms with Gasteiger partial charge in [0.2, 0.25) is 0 Å². The van der Waals surface area contributed by atoms with Crippen LogP contribution in [0.3, 0.4) is 0 Å². The third kappa shape index (κ3) is 4.06. The second kappa shape index (κ2) is 9.11. The molecule has 0 spiro atoms. The number of esters is 1. The first-order chi connectivity index (χ1) is 16.2. The zero-order chi connectivity index (χ0) is 24.6. The van der Waals surface area contributed by atoms with Crippen LogP contribution in [0.15, 0.2) is 58.1 Å². The monoisotopic (exact) mass is 483 g/mol. The van der Waals surface area contributed by atoms with Crippen LogP contribution in [0.25, 0.3) is 16.7 Å². The number of halogens is 2. The van der Waals surface area contributed by atoms with E-state index >= 15 is 0 Å². The molecule has 2 aromatic heterocycles. The second-order valence-electron chi connectivity index (χ2n) is 7.45. The van der Waals surface area contributed by atoms with Crippen LogP contribution in [-0.2, 0) is 11.3 Å². The van der Waals surface area contributed by atoms with E-state index in [4.69, 9.17) is 21.1 Å². The van der Waals surface area contributed by atoms with E-state index < -0.39 is 23.0 Å². The molecular formula is C24H19ClFN3O5. The Balaban J connectivity index is 2.14. The van der Waals surface area contributed by atoms with E-state index in [-0.39, 0.29) is 28.2 Å². The molecule has 4 aromatic rings. The first-order valence-corrected chi connectivity index (χ1v) is 10.5. The minimum atomic E-state index is -0.757. The van der Waals surface area contributed by atoms with Crippen molar-refractivity contribution < 1.29 is 18.7 Å². The van der Waals surface area contributed by atoms with Gasteiger partial charge in [-0.15, -0.1) is 0 Å². The molecule has 10 heteroatoms. The lowest BCUT2D eigenvalue weighted by Crippen LogP contribution is -2.41. The lowest BCUT2D eigenvalue weighted by Gasteiger charge is -2.16. The molecule has 2 heterocycles. The number of aromatic nitrogens is 3. The number of hydrogen-bond donors (Lipinski definition) is 0. The highest BCUT2D eigenvalue weighted by molar-refractivity contribution is 6.31. The Morgan fingerprint density at radius 3 is 2.56 bits per heavy atom. The van der Waals surface area contributed by atoms with E-state index in [1.54, 1.807) is 31.2 Å². The number of nitrogens with zero attached hydrogens (tertiary/aromatic N) is 3. The summed E-state index contributed by atoms with van der Waals surface area (Å²) in [5, 5.41) is -0.0485. The Labute approximate surface area is 197 Å². The van der Waals surface area contributed by atoms with Crippen molar-refractivity contribution >= 4 is 28.6 Å². The van der Waals surface area contributed by atoms with Gasteiger partial charge in [-0.1, -0.05) is 23.7 Å². The van der Waals surface area contributed by atoms with E-state index in [0.29, 0.717) is 22.7 Å². The highest BCUT2D eigenvalue weighted by Crippen LogP contribution is 2.22. The number of methoxy groups -OCH3 is 2.